The van der Waals surface area contributed by atoms with Crippen LogP contribution in [0.2, 0.25) is 0 Å². The van der Waals surface area contributed by atoms with Crippen molar-refractivity contribution in [1.82, 2.24) is 0 Å². The van der Waals surface area contributed by atoms with E-state index in [1.54, 1.807) is 55.5 Å². The molecule has 0 fully saturated rings. The van der Waals surface area contributed by atoms with Crippen LogP contribution in [0.3, 0.4) is 0 Å². The van der Waals surface area contributed by atoms with E-state index in [-0.39, 0.29) is 13.2 Å². The van der Waals surface area contributed by atoms with Crippen LogP contribution in [0.15, 0.2) is 60.7 Å². The zero-order valence-electron chi connectivity index (χ0n) is 12.3. The number of hydrogen-bond donors (Lipinski definition) is 0. The molecule has 1 amide bonds. The van der Waals surface area contributed by atoms with Gasteiger partial charge in [0.15, 0.2) is 0 Å². The van der Waals surface area contributed by atoms with E-state index in [0.717, 1.165) is 0 Å². The Labute approximate surface area is 129 Å². The van der Waals surface area contributed by atoms with Gasteiger partial charge in [-0.15, -0.1) is 0 Å². The van der Waals surface area contributed by atoms with Crippen molar-refractivity contribution in [3.05, 3.63) is 60.7 Å². The second-order valence-electron chi connectivity index (χ2n) is 4.41. The molecule has 0 aliphatic heterocycles. The molecular formula is C17H17NO4. The molecule has 0 bridgehead atoms. The molecule has 0 aliphatic carbocycles. The van der Waals surface area contributed by atoms with Gasteiger partial charge in [0.2, 0.25) is 0 Å². The third kappa shape index (κ3) is 4.34. The molecule has 0 spiro atoms. The monoisotopic (exact) mass is 299 g/mol. The Morgan fingerprint density at radius 1 is 0.955 bits per heavy atom. The van der Waals surface area contributed by atoms with Gasteiger partial charge in [-0.3, -0.25) is 9.69 Å². The van der Waals surface area contributed by atoms with Gasteiger partial charge in [0.1, 0.15) is 12.3 Å². The summed E-state index contributed by atoms with van der Waals surface area (Å²) in [5, 5.41) is 0. The summed E-state index contributed by atoms with van der Waals surface area (Å²) in [5.41, 5.74) is 0.566. The van der Waals surface area contributed by atoms with E-state index in [0.29, 0.717) is 11.4 Å². The molecule has 0 heterocycles. The highest BCUT2D eigenvalue weighted by Gasteiger charge is 2.21. The summed E-state index contributed by atoms with van der Waals surface area (Å²) in [5.74, 6) is -0.0753. The second kappa shape index (κ2) is 7.83. The molecule has 0 N–H and O–H groups in total. The molecular weight excluding hydrogens is 282 g/mol. The topological polar surface area (TPSA) is 55.8 Å². The van der Waals surface area contributed by atoms with Crippen LogP contribution in [0.25, 0.3) is 0 Å². The van der Waals surface area contributed by atoms with Crippen molar-refractivity contribution < 1.29 is 19.1 Å². The number of carbonyl (C=O) groups excluding carboxylic acids is 2. The van der Waals surface area contributed by atoms with Crippen molar-refractivity contribution >= 4 is 17.7 Å². The molecule has 0 saturated carbocycles. The van der Waals surface area contributed by atoms with Gasteiger partial charge in [-0.05, 0) is 31.2 Å². The van der Waals surface area contributed by atoms with Gasteiger partial charge in [0.05, 0.1) is 6.61 Å². The van der Waals surface area contributed by atoms with Crippen molar-refractivity contribution in [3.63, 3.8) is 0 Å². The van der Waals surface area contributed by atoms with Crippen LogP contribution < -0.4 is 9.64 Å². The summed E-state index contributed by atoms with van der Waals surface area (Å²) >= 11 is 0. The van der Waals surface area contributed by atoms with Crippen molar-refractivity contribution in [3.8, 4) is 5.75 Å². The predicted octanol–water partition coefficient (Wildman–Crippen LogP) is 3.26. The second-order valence-corrected chi connectivity index (χ2v) is 4.41. The quantitative estimate of drug-likeness (QED) is 0.795. The van der Waals surface area contributed by atoms with Gasteiger partial charge in [-0.1, -0.05) is 36.4 Å². The van der Waals surface area contributed by atoms with E-state index in [4.69, 9.17) is 9.47 Å². The van der Waals surface area contributed by atoms with E-state index in [2.05, 4.69) is 0 Å². The Bertz CT molecular complexity index is 613. The number of para-hydroxylation sites is 2. The average Bonchev–Trinajstić information content (AvgIpc) is 2.54. The fourth-order valence-electron chi connectivity index (χ4n) is 1.85. The highest BCUT2D eigenvalue weighted by molar-refractivity contribution is 5.94. The minimum atomic E-state index is -0.634. The van der Waals surface area contributed by atoms with Crippen molar-refractivity contribution in [2.45, 2.75) is 6.92 Å². The summed E-state index contributed by atoms with van der Waals surface area (Å²) in [7, 11) is 0. The highest BCUT2D eigenvalue weighted by Crippen LogP contribution is 2.17. The molecule has 114 valence electrons. The van der Waals surface area contributed by atoms with E-state index in [1.165, 1.54) is 4.90 Å². The van der Waals surface area contributed by atoms with Crippen LogP contribution in [0.4, 0.5) is 10.5 Å². The van der Waals surface area contributed by atoms with Crippen LogP contribution in [-0.2, 0) is 9.53 Å². The van der Waals surface area contributed by atoms with Gasteiger partial charge in [0.25, 0.3) is 0 Å². The Hall–Kier alpha value is -2.82. The lowest BCUT2D eigenvalue weighted by molar-refractivity contribution is -0.141. The maximum Gasteiger partial charge on any atom is 0.420 e. The molecule has 0 saturated heterocycles. The Morgan fingerprint density at radius 2 is 1.55 bits per heavy atom. The van der Waals surface area contributed by atoms with Gasteiger partial charge >= 0.3 is 12.1 Å². The van der Waals surface area contributed by atoms with E-state index in [1.807, 2.05) is 12.1 Å². The molecule has 0 aromatic heterocycles. The van der Waals surface area contributed by atoms with Crippen LogP contribution in [-0.4, -0.2) is 25.2 Å². The van der Waals surface area contributed by atoms with Gasteiger partial charge in [0, 0.05) is 5.69 Å². The SMILES string of the molecule is CCOC(=O)CN(C(=O)Oc1ccccc1)c1ccccc1. The Kier molecular flexibility index (Phi) is 5.54. The first-order valence-corrected chi connectivity index (χ1v) is 6.95. The largest absolute Gasteiger partial charge is 0.465 e. The number of ether oxygens (including phenoxy) is 2. The van der Waals surface area contributed by atoms with Crippen LogP contribution in [0.5, 0.6) is 5.75 Å². The van der Waals surface area contributed by atoms with Gasteiger partial charge in [-0.25, -0.2) is 4.79 Å². The fraction of sp³-hybridized carbons (Fsp3) is 0.176. The number of amides is 1. The molecule has 0 atom stereocenters. The molecule has 22 heavy (non-hydrogen) atoms. The van der Waals surface area contributed by atoms with Crippen molar-refractivity contribution in [2.24, 2.45) is 0 Å². The molecule has 2 aromatic carbocycles. The lowest BCUT2D eigenvalue weighted by Gasteiger charge is -2.21. The van der Waals surface area contributed by atoms with Gasteiger partial charge in [-0.2, -0.15) is 0 Å². The fourth-order valence-corrected chi connectivity index (χ4v) is 1.85. The molecule has 2 rings (SSSR count). The summed E-state index contributed by atoms with van der Waals surface area (Å²) in [4.78, 5) is 25.3. The Balaban J connectivity index is 2.16. The summed E-state index contributed by atoms with van der Waals surface area (Å²) in [6.45, 7) is 1.77. The number of benzene rings is 2. The lowest BCUT2D eigenvalue weighted by Crippen LogP contribution is -2.38. The number of esters is 1. The zero-order valence-corrected chi connectivity index (χ0v) is 12.3. The molecule has 2 aromatic rings. The Morgan fingerprint density at radius 3 is 2.14 bits per heavy atom. The van der Waals surface area contributed by atoms with Crippen LogP contribution >= 0.6 is 0 Å². The summed E-state index contributed by atoms with van der Waals surface area (Å²) in [6, 6.07) is 17.5. The first kappa shape index (κ1) is 15.6. The van der Waals surface area contributed by atoms with E-state index in [9.17, 15) is 9.59 Å². The average molecular weight is 299 g/mol. The zero-order chi connectivity index (χ0) is 15.8. The molecule has 5 nitrogen and oxygen atoms in total. The first-order valence-electron chi connectivity index (χ1n) is 6.95. The van der Waals surface area contributed by atoms with Crippen LogP contribution in [0.1, 0.15) is 6.92 Å². The maximum atomic E-state index is 12.3. The normalized spacial score (nSPS) is 9.86. The lowest BCUT2D eigenvalue weighted by atomic mass is 10.3. The standard InChI is InChI=1S/C17H17NO4/c1-2-21-16(19)13-18(14-9-5-3-6-10-14)17(20)22-15-11-7-4-8-12-15/h3-12H,2,13H2,1H3. The van der Waals surface area contributed by atoms with Crippen molar-refractivity contribution in [2.75, 3.05) is 18.1 Å². The summed E-state index contributed by atoms with van der Waals surface area (Å²) < 4.78 is 10.2. The summed E-state index contributed by atoms with van der Waals surface area (Å²) in [6.07, 6.45) is -0.634. The molecule has 0 unspecified atom stereocenters. The van der Waals surface area contributed by atoms with Crippen LogP contribution in [0, 0.1) is 0 Å². The molecule has 5 heteroatoms. The maximum absolute atomic E-state index is 12.3. The minimum Gasteiger partial charge on any atom is -0.465 e. The first-order chi connectivity index (χ1) is 10.7. The molecule has 0 radical (unpaired) electrons. The number of rotatable bonds is 5. The number of nitrogens with zero attached hydrogens (tertiary/aromatic N) is 1. The third-order valence-electron chi connectivity index (χ3n) is 2.83. The predicted molar refractivity (Wildman–Crippen MR) is 82.9 cm³/mol. The number of carbonyl (C=O) groups is 2. The van der Waals surface area contributed by atoms with Crippen molar-refractivity contribution in [1.29, 1.82) is 0 Å². The van der Waals surface area contributed by atoms with E-state index < -0.39 is 12.1 Å². The van der Waals surface area contributed by atoms with Gasteiger partial charge < -0.3 is 9.47 Å². The van der Waals surface area contributed by atoms with E-state index >= 15 is 0 Å². The smallest absolute Gasteiger partial charge is 0.420 e. The number of hydrogen-bond acceptors (Lipinski definition) is 4. The highest BCUT2D eigenvalue weighted by atomic mass is 16.6. The third-order valence-corrected chi connectivity index (χ3v) is 2.83. The number of anilines is 1. The molecule has 0 aliphatic rings. The minimum absolute atomic E-state index is 0.205.